The zero-order chi connectivity index (χ0) is 22.8. The fourth-order valence-corrected chi connectivity index (χ4v) is 3.98. The molecule has 1 aliphatic heterocycles. The molecule has 0 aromatic heterocycles. The first kappa shape index (κ1) is 23.7. The van der Waals surface area contributed by atoms with Gasteiger partial charge in [-0.15, -0.1) is 0 Å². The van der Waals surface area contributed by atoms with E-state index in [1.807, 2.05) is 26.8 Å². The summed E-state index contributed by atoms with van der Waals surface area (Å²) in [4.78, 5) is 27.1. The van der Waals surface area contributed by atoms with Crippen molar-refractivity contribution in [3.63, 3.8) is 0 Å². The van der Waals surface area contributed by atoms with E-state index in [0.717, 1.165) is 5.56 Å². The maximum absolute atomic E-state index is 12.8. The Kier molecular flexibility index (Phi) is 7.40. The van der Waals surface area contributed by atoms with Crippen LogP contribution in [0, 0.1) is 0 Å². The molecule has 1 N–H and O–H groups in total. The lowest BCUT2D eigenvalue weighted by molar-refractivity contribution is 0.0177. The molecule has 5 nitrogen and oxygen atoms in total. The van der Waals surface area contributed by atoms with Crippen LogP contribution >= 0.6 is 34.8 Å². The van der Waals surface area contributed by atoms with Crippen molar-refractivity contribution in [3.05, 3.63) is 68.7 Å². The third kappa shape index (κ3) is 6.28. The summed E-state index contributed by atoms with van der Waals surface area (Å²) in [6.07, 6.45) is 0.198. The molecule has 2 atom stereocenters. The molecule has 1 unspecified atom stereocenters. The topological polar surface area (TPSA) is 58.6 Å². The maximum Gasteiger partial charge on any atom is 0.410 e. The lowest BCUT2D eigenvalue weighted by Crippen LogP contribution is -2.52. The molecule has 0 aliphatic carbocycles. The van der Waals surface area contributed by atoms with Gasteiger partial charge in [0.15, 0.2) is 0 Å². The summed E-state index contributed by atoms with van der Waals surface area (Å²) < 4.78 is 5.54. The van der Waals surface area contributed by atoms with Gasteiger partial charge in [-0.2, -0.15) is 0 Å². The molecular weight excluding hydrogens is 459 g/mol. The monoisotopic (exact) mass is 482 g/mol. The van der Waals surface area contributed by atoms with Crippen molar-refractivity contribution in [2.45, 2.75) is 44.8 Å². The quantitative estimate of drug-likeness (QED) is 0.568. The number of nitrogens with zero attached hydrogens (tertiary/aromatic N) is 1. The summed E-state index contributed by atoms with van der Waals surface area (Å²) in [5.41, 5.74) is 0.825. The smallest absolute Gasteiger partial charge is 0.410 e. The summed E-state index contributed by atoms with van der Waals surface area (Å²) in [7, 11) is 0. The highest BCUT2D eigenvalue weighted by Crippen LogP contribution is 2.32. The van der Waals surface area contributed by atoms with Crippen LogP contribution in [0.4, 0.5) is 4.79 Å². The van der Waals surface area contributed by atoms with E-state index in [0.29, 0.717) is 40.1 Å². The summed E-state index contributed by atoms with van der Waals surface area (Å²) in [5.74, 6) is -0.371. The molecule has 0 bridgehead atoms. The highest BCUT2D eigenvalue weighted by atomic mass is 35.5. The third-order valence-corrected chi connectivity index (χ3v) is 6.05. The Balaban J connectivity index is 1.83. The Labute approximate surface area is 197 Å². The van der Waals surface area contributed by atoms with Crippen LogP contribution in [-0.2, 0) is 4.74 Å². The van der Waals surface area contributed by atoms with Crippen molar-refractivity contribution >= 4 is 46.8 Å². The van der Waals surface area contributed by atoms with E-state index in [1.54, 1.807) is 41.3 Å². The van der Waals surface area contributed by atoms with Crippen LogP contribution in [0.1, 0.15) is 49.0 Å². The first-order valence-corrected chi connectivity index (χ1v) is 11.2. The molecule has 8 heteroatoms. The highest BCUT2D eigenvalue weighted by Gasteiger charge is 2.35. The molecule has 3 rings (SSSR count). The summed E-state index contributed by atoms with van der Waals surface area (Å²) >= 11 is 18.3. The minimum atomic E-state index is -0.587. The second-order valence-electron chi connectivity index (χ2n) is 8.58. The molecule has 1 aliphatic rings. The molecule has 2 aromatic carbocycles. The minimum absolute atomic E-state index is 0.174. The molecule has 0 radical (unpaired) electrons. The Hall–Kier alpha value is -1.95. The fourth-order valence-electron chi connectivity index (χ4n) is 3.55. The normalized spacial score (nSPS) is 19.1. The summed E-state index contributed by atoms with van der Waals surface area (Å²) in [6, 6.07) is 11.9. The standard InChI is InChI=1S/C23H25Cl3N2O3/c1-23(2,3)31-22(30)28-11-10-20(27-21(29)14-4-7-16(24)8-5-14)17(13-28)15-6-9-18(25)19(26)12-15/h4-9,12,17,20H,10-11,13H2,1-3H3,(H,27,29)/t17-,20?/m0/s1. The van der Waals surface area contributed by atoms with Gasteiger partial charge in [0, 0.05) is 35.6 Å². The zero-order valence-electron chi connectivity index (χ0n) is 17.6. The van der Waals surface area contributed by atoms with E-state index in [4.69, 9.17) is 39.5 Å². The van der Waals surface area contributed by atoms with Crippen molar-refractivity contribution in [1.29, 1.82) is 0 Å². The summed E-state index contributed by atoms with van der Waals surface area (Å²) in [5, 5.41) is 4.55. The number of carbonyl (C=O) groups excluding carboxylic acids is 2. The average molecular weight is 484 g/mol. The molecule has 1 saturated heterocycles. The van der Waals surface area contributed by atoms with Gasteiger partial charge in [0.2, 0.25) is 0 Å². The molecule has 0 saturated carbocycles. The fraction of sp³-hybridized carbons (Fsp3) is 0.391. The second-order valence-corrected chi connectivity index (χ2v) is 9.83. The van der Waals surface area contributed by atoms with Crippen LogP contribution in [0.5, 0.6) is 0 Å². The van der Waals surface area contributed by atoms with Crippen LogP contribution in [-0.4, -0.2) is 41.6 Å². The van der Waals surface area contributed by atoms with Crippen molar-refractivity contribution in [2.24, 2.45) is 0 Å². The van der Waals surface area contributed by atoms with Crippen LogP contribution in [0.15, 0.2) is 42.5 Å². The Morgan fingerprint density at radius 3 is 2.32 bits per heavy atom. The van der Waals surface area contributed by atoms with Crippen LogP contribution in [0.3, 0.4) is 0 Å². The largest absolute Gasteiger partial charge is 0.444 e. The number of hydrogen-bond acceptors (Lipinski definition) is 3. The van der Waals surface area contributed by atoms with Crippen molar-refractivity contribution in [1.82, 2.24) is 10.2 Å². The van der Waals surface area contributed by atoms with Crippen molar-refractivity contribution in [2.75, 3.05) is 13.1 Å². The van der Waals surface area contributed by atoms with E-state index in [-0.39, 0.29) is 24.0 Å². The van der Waals surface area contributed by atoms with Crippen LogP contribution in [0.2, 0.25) is 15.1 Å². The van der Waals surface area contributed by atoms with Gasteiger partial charge in [-0.1, -0.05) is 40.9 Å². The number of likely N-dealkylation sites (tertiary alicyclic amines) is 1. The van der Waals surface area contributed by atoms with E-state index in [1.165, 1.54) is 0 Å². The maximum atomic E-state index is 12.8. The lowest BCUT2D eigenvalue weighted by atomic mass is 9.86. The predicted molar refractivity (Wildman–Crippen MR) is 124 cm³/mol. The number of piperidine rings is 1. The lowest BCUT2D eigenvalue weighted by Gasteiger charge is -2.39. The van der Waals surface area contributed by atoms with E-state index in [2.05, 4.69) is 5.32 Å². The van der Waals surface area contributed by atoms with Gasteiger partial charge in [-0.25, -0.2) is 4.79 Å². The first-order valence-electron chi connectivity index (χ1n) is 10.0. The number of benzene rings is 2. The Bertz CT molecular complexity index is 958. The van der Waals surface area contributed by atoms with Gasteiger partial charge in [-0.05, 0) is 69.2 Å². The predicted octanol–water partition coefficient (Wildman–Crippen LogP) is 6.17. The van der Waals surface area contributed by atoms with Gasteiger partial charge in [0.25, 0.3) is 5.91 Å². The highest BCUT2D eigenvalue weighted by molar-refractivity contribution is 6.42. The van der Waals surface area contributed by atoms with Crippen LogP contribution in [0.25, 0.3) is 0 Å². The zero-order valence-corrected chi connectivity index (χ0v) is 19.9. The number of carbonyl (C=O) groups is 2. The summed E-state index contributed by atoms with van der Waals surface area (Å²) in [6.45, 7) is 6.36. The molecule has 2 aromatic rings. The molecule has 2 amide bonds. The second kappa shape index (κ2) is 9.68. The SMILES string of the molecule is CC(C)(C)OC(=O)N1CCC(NC(=O)c2ccc(Cl)cc2)[C@H](c2ccc(Cl)c(Cl)c2)C1. The van der Waals surface area contributed by atoms with Gasteiger partial charge in [0.05, 0.1) is 10.0 Å². The van der Waals surface area contributed by atoms with Crippen molar-refractivity contribution < 1.29 is 14.3 Å². The van der Waals surface area contributed by atoms with Gasteiger partial charge in [0.1, 0.15) is 5.60 Å². The van der Waals surface area contributed by atoms with Gasteiger partial charge < -0.3 is 15.0 Å². The van der Waals surface area contributed by atoms with E-state index < -0.39 is 5.60 Å². The molecule has 1 heterocycles. The molecule has 0 spiro atoms. The van der Waals surface area contributed by atoms with Gasteiger partial charge in [-0.3, -0.25) is 4.79 Å². The third-order valence-electron chi connectivity index (χ3n) is 5.06. The van der Waals surface area contributed by atoms with Crippen LogP contribution < -0.4 is 5.32 Å². The van der Waals surface area contributed by atoms with E-state index >= 15 is 0 Å². The molecular formula is C23H25Cl3N2O3. The van der Waals surface area contributed by atoms with E-state index in [9.17, 15) is 9.59 Å². The molecule has 166 valence electrons. The average Bonchev–Trinajstić information content (AvgIpc) is 2.69. The number of nitrogens with one attached hydrogen (secondary N) is 1. The number of amides is 2. The molecule has 1 fully saturated rings. The number of hydrogen-bond donors (Lipinski definition) is 1. The number of ether oxygens (including phenoxy) is 1. The number of halogens is 3. The number of rotatable bonds is 3. The minimum Gasteiger partial charge on any atom is -0.444 e. The first-order chi connectivity index (χ1) is 14.5. The Morgan fingerprint density at radius 1 is 1.03 bits per heavy atom. The Morgan fingerprint density at radius 2 is 1.71 bits per heavy atom. The van der Waals surface area contributed by atoms with Gasteiger partial charge >= 0.3 is 6.09 Å². The molecule has 31 heavy (non-hydrogen) atoms. The van der Waals surface area contributed by atoms with Crippen molar-refractivity contribution in [3.8, 4) is 0 Å².